The molecule has 1 aliphatic heterocycles. The van der Waals surface area contributed by atoms with E-state index >= 15 is 0 Å². The quantitative estimate of drug-likeness (QED) is 0.800. The van der Waals surface area contributed by atoms with E-state index in [-0.39, 0.29) is 11.8 Å². The van der Waals surface area contributed by atoms with Gasteiger partial charge in [0.1, 0.15) is 5.82 Å². The van der Waals surface area contributed by atoms with E-state index in [4.69, 9.17) is 5.11 Å². The predicted octanol–water partition coefficient (Wildman–Crippen LogP) is 1.49. The molecule has 6 nitrogen and oxygen atoms in total. The zero-order valence-corrected chi connectivity index (χ0v) is 13.1. The number of carboxylic acid groups (broad SMARTS) is 1. The highest BCUT2D eigenvalue weighted by Crippen LogP contribution is 2.29. The number of hydrogen-bond donors (Lipinski definition) is 1. The van der Waals surface area contributed by atoms with Gasteiger partial charge in [0.05, 0.1) is 5.75 Å². The van der Waals surface area contributed by atoms with Crippen molar-refractivity contribution in [1.29, 1.82) is 0 Å². The first-order valence-electron chi connectivity index (χ1n) is 6.75. The van der Waals surface area contributed by atoms with E-state index in [1.54, 1.807) is 0 Å². The number of thioether (sulfide) groups is 1. The number of carboxylic acids is 1. The molecule has 0 aliphatic carbocycles. The van der Waals surface area contributed by atoms with Crippen LogP contribution >= 0.6 is 11.8 Å². The fourth-order valence-corrected chi connectivity index (χ4v) is 4.35. The van der Waals surface area contributed by atoms with Crippen LogP contribution in [0, 0.1) is 0 Å². The highest BCUT2D eigenvalue weighted by Gasteiger charge is 2.25. The predicted molar refractivity (Wildman–Crippen MR) is 78.5 cm³/mol. The van der Waals surface area contributed by atoms with E-state index < -0.39 is 16.8 Å². The van der Waals surface area contributed by atoms with Crippen LogP contribution in [0.2, 0.25) is 0 Å². The summed E-state index contributed by atoms with van der Waals surface area (Å²) in [6, 6.07) is 0.251. The summed E-state index contributed by atoms with van der Waals surface area (Å²) in [7, 11) is -0.706. The summed E-state index contributed by atoms with van der Waals surface area (Å²) in [5.41, 5.74) is 0. The van der Waals surface area contributed by atoms with Crippen molar-refractivity contribution in [1.82, 2.24) is 14.8 Å². The van der Waals surface area contributed by atoms with E-state index in [0.717, 1.165) is 31.5 Å². The summed E-state index contributed by atoms with van der Waals surface area (Å²) < 4.78 is 13.6. The highest BCUT2D eigenvalue weighted by atomic mass is 32.2. The first-order valence-corrected chi connectivity index (χ1v) is 9.22. The molecule has 2 heterocycles. The second kappa shape index (κ2) is 7.21. The summed E-state index contributed by atoms with van der Waals surface area (Å²) in [4.78, 5) is 10.7. The average Bonchev–Trinajstić information content (AvgIpc) is 2.81. The Hall–Kier alpha value is -0.890. The van der Waals surface area contributed by atoms with Crippen LogP contribution in [0.4, 0.5) is 0 Å². The normalized spacial score (nSPS) is 22.9. The van der Waals surface area contributed by atoms with Gasteiger partial charge >= 0.3 is 5.97 Å². The molecule has 0 bridgehead atoms. The molecule has 1 N–H and O–H groups in total. The van der Waals surface area contributed by atoms with Gasteiger partial charge in [0, 0.05) is 34.8 Å². The van der Waals surface area contributed by atoms with Gasteiger partial charge in [0.15, 0.2) is 5.16 Å². The van der Waals surface area contributed by atoms with Crippen molar-refractivity contribution in [3.8, 4) is 0 Å². The number of aryl methyl sites for hydroxylation is 1. The lowest BCUT2D eigenvalue weighted by Gasteiger charge is -2.25. The van der Waals surface area contributed by atoms with Crippen molar-refractivity contribution in [2.45, 2.75) is 43.8 Å². The van der Waals surface area contributed by atoms with Crippen molar-refractivity contribution < 1.29 is 14.1 Å². The van der Waals surface area contributed by atoms with Crippen LogP contribution < -0.4 is 0 Å². The molecule has 0 saturated carbocycles. The maximum atomic E-state index is 11.5. The van der Waals surface area contributed by atoms with Gasteiger partial charge in [0.2, 0.25) is 0 Å². The number of aromatic nitrogens is 3. The standard InChI is InChI=1S/C12H19N3O3S2/c1-2-3-10-13-14-12(19-8-11(16)17)15(10)9-4-6-20(18)7-5-9/h9H,2-8H2,1H3,(H,16,17). The molecule has 1 saturated heterocycles. The number of hydrogen-bond acceptors (Lipinski definition) is 5. The number of carbonyl (C=O) groups is 1. The largest absolute Gasteiger partial charge is 0.481 e. The van der Waals surface area contributed by atoms with Gasteiger partial charge in [-0.15, -0.1) is 10.2 Å². The van der Waals surface area contributed by atoms with Crippen molar-refractivity contribution in [3.63, 3.8) is 0 Å². The van der Waals surface area contributed by atoms with Crippen LogP contribution in [0.3, 0.4) is 0 Å². The maximum absolute atomic E-state index is 11.5. The number of rotatable bonds is 6. The fourth-order valence-electron chi connectivity index (χ4n) is 2.33. The zero-order valence-electron chi connectivity index (χ0n) is 11.4. The summed E-state index contributed by atoms with van der Waals surface area (Å²) in [5, 5.41) is 17.8. The molecule has 0 radical (unpaired) electrons. The van der Waals surface area contributed by atoms with Crippen LogP contribution in [0.1, 0.15) is 38.1 Å². The maximum Gasteiger partial charge on any atom is 0.313 e. The van der Waals surface area contributed by atoms with Gasteiger partial charge in [-0.3, -0.25) is 9.00 Å². The minimum Gasteiger partial charge on any atom is -0.481 e. The Kier molecular flexibility index (Phi) is 5.59. The monoisotopic (exact) mass is 317 g/mol. The molecule has 0 amide bonds. The Morgan fingerprint density at radius 3 is 2.75 bits per heavy atom. The van der Waals surface area contributed by atoms with Crippen molar-refractivity contribution in [2.75, 3.05) is 17.3 Å². The van der Waals surface area contributed by atoms with E-state index in [2.05, 4.69) is 21.7 Å². The molecule has 112 valence electrons. The minimum atomic E-state index is -0.855. The van der Waals surface area contributed by atoms with Crippen LogP contribution in [-0.4, -0.2) is 47.3 Å². The van der Waals surface area contributed by atoms with E-state index in [1.807, 2.05) is 0 Å². The molecule has 20 heavy (non-hydrogen) atoms. The summed E-state index contributed by atoms with van der Waals surface area (Å²) in [6.45, 7) is 2.08. The molecule has 0 unspecified atom stereocenters. The first-order chi connectivity index (χ1) is 9.61. The molecule has 0 aromatic carbocycles. The highest BCUT2D eigenvalue weighted by molar-refractivity contribution is 7.99. The third kappa shape index (κ3) is 3.82. The van der Waals surface area contributed by atoms with E-state index in [0.29, 0.717) is 16.7 Å². The molecule has 0 spiro atoms. The summed E-state index contributed by atoms with van der Waals surface area (Å²) >= 11 is 1.21. The molecule has 1 fully saturated rings. The van der Waals surface area contributed by atoms with Crippen molar-refractivity contribution in [3.05, 3.63) is 5.82 Å². The van der Waals surface area contributed by atoms with Crippen LogP contribution in [0.5, 0.6) is 0 Å². The SMILES string of the molecule is CCCc1nnc(SCC(=O)O)n1C1CCS(=O)CC1. The van der Waals surface area contributed by atoms with E-state index in [1.165, 1.54) is 11.8 Å². The summed E-state index contributed by atoms with van der Waals surface area (Å²) in [5.74, 6) is 1.46. The molecule has 0 atom stereocenters. The van der Waals surface area contributed by atoms with Crippen LogP contribution in [-0.2, 0) is 22.0 Å². The molecule has 1 aliphatic rings. The van der Waals surface area contributed by atoms with E-state index in [9.17, 15) is 9.00 Å². The third-order valence-corrected chi connectivity index (χ3v) is 5.57. The van der Waals surface area contributed by atoms with Crippen LogP contribution in [0.15, 0.2) is 5.16 Å². The zero-order chi connectivity index (χ0) is 14.5. The lowest BCUT2D eigenvalue weighted by atomic mass is 10.1. The Balaban J connectivity index is 2.19. The summed E-state index contributed by atoms with van der Waals surface area (Å²) in [6.07, 6.45) is 3.50. The topological polar surface area (TPSA) is 85.1 Å². The average molecular weight is 317 g/mol. The smallest absolute Gasteiger partial charge is 0.313 e. The molecule has 1 aromatic rings. The Bertz CT molecular complexity index is 494. The molecule has 8 heteroatoms. The second-order valence-electron chi connectivity index (χ2n) is 4.78. The van der Waals surface area contributed by atoms with Gasteiger partial charge in [-0.1, -0.05) is 18.7 Å². The third-order valence-electron chi connectivity index (χ3n) is 3.26. The molecular formula is C12H19N3O3S2. The molecular weight excluding hydrogens is 298 g/mol. The van der Waals surface area contributed by atoms with Crippen molar-refractivity contribution in [2.24, 2.45) is 0 Å². The lowest BCUT2D eigenvalue weighted by molar-refractivity contribution is -0.133. The Morgan fingerprint density at radius 2 is 2.15 bits per heavy atom. The Labute approximate surface area is 124 Å². The Morgan fingerprint density at radius 1 is 1.45 bits per heavy atom. The van der Waals surface area contributed by atoms with Gasteiger partial charge in [-0.05, 0) is 19.3 Å². The number of nitrogens with zero attached hydrogens (tertiary/aromatic N) is 3. The molecule has 2 rings (SSSR count). The second-order valence-corrected chi connectivity index (χ2v) is 7.42. The first kappa shape index (κ1) is 15.5. The lowest BCUT2D eigenvalue weighted by Crippen LogP contribution is -2.23. The molecule has 1 aromatic heterocycles. The van der Waals surface area contributed by atoms with Crippen molar-refractivity contribution >= 4 is 28.5 Å². The minimum absolute atomic E-state index is 0.0110. The van der Waals surface area contributed by atoms with Crippen LogP contribution in [0.25, 0.3) is 0 Å². The van der Waals surface area contributed by atoms with Gasteiger partial charge < -0.3 is 9.67 Å². The fraction of sp³-hybridized carbons (Fsp3) is 0.750. The van der Waals surface area contributed by atoms with Gasteiger partial charge in [-0.2, -0.15) is 0 Å². The van der Waals surface area contributed by atoms with Gasteiger partial charge in [0.25, 0.3) is 0 Å². The number of aliphatic carboxylic acids is 1. The van der Waals surface area contributed by atoms with Gasteiger partial charge in [-0.25, -0.2) is 0 Å².